The molecule has 0 saturated heterocycles. The highest BCUT2D eigenvalue weighted by atomic mass is 35.5. The molecule has 2 amide bonds. The molecule has 0 aromatic heterocycles. The summed E-state index contributed by atoms with van der Waals surface area (Å²) in [7, 11) is 0. The van der Waals surface area contributed by atoms with Gasteiger partial charge in [-0.1, -0.05) is 53.5 Å². The van der Waals surface area contributed by atoms with Crippen molar-refractivity contribution in [2.45, 2.75) is 0 Å². The van der Waals surface area contributed by atoms with E-state index in [1.54, 1.807) is 54.6 Å². The number of ether oxygens (including phenoxy) is 2. The van der Waals surface area contributed by atoms with Gasteiger partial charge < -0.3 is 14.8 Å². The summed E-state index contributed by atoms with van der Waals surface area (Å²) in [5.41, 5.74) is 1.95. The fourth-order valence-corrected chi connectivity index (χ4v) is 3.79. The van der Waals surface area contributed by atoms with Crippen LogP contribution in [0.3, 0.4) is 0 Å². The fourth-order valence-electron chi connectivity index (χ4n) is 3.50. The minimum Gasteiger partial charge on any atom is -0.454 e. The molecule has 3 aromatic rings. The van der Waals surface area contributed by atoms with Crippen molar-refractivity contribution in [3.8, 4) is 11.5 Å². The first-order valence-corrected chi connectivity index (χ1v) is 10.1. The van der Waals surface area contributed by atoms with E-state index in [9.17, 15) is 9.59 Å². The van der Waals surface area contributed by atoms with Gasteiger partial charge in [0.25, 0.3) is 11.8 Å². The lowest BCUT2D eigenvalue weighted by Crippen LogP contribution is -2.32. The third kappa shape index (κ3) is 3.40. The van der Waals surface area contributed by atoms with Crippen molar-refractivity contribution in [1.82, 2.24) is 0 Å². The maximum atomic E-state index is 13.4. The van der Waals surface area contributed by atoms with Crippen LogP contribution in [-0.2, 0) is 9.59 Å². The number of carbonyl (C=O) groups excluding carboxylic acids is 2. The number of nitrogens with one attached hydrogen (secondary N) is 1. The van der Waals surface area contributed by atoms with Crippen molar-refractivity contribution in [3.05, 3.63) is 88.0 Å². The molecule has 0 radical (unpaired) electrons. The number of anilines is 2. The molecular weight excluding hydrogens is 439 g/mol. The van der Waals surface area contributed by atoms with Crippen molar-refractivity contribution in [2.75, 3.05) is 17.0 Å². The molecule has 0 unspecified atom stereocenters. The van der Waals surface area contributed by atoms with Crippen molar-refractivity contribution in [2.24, 2.45) is 0 Å². The van der Waals surface area contributed by atoms with Crippen LogP contribution >= 0.6 is 23.2 Å². The fraction of sp³-hybridized carbons (Fsp3) is 0.0435. The molecule has 3 aromatic carbocycles. The van der Waals surface area contributed by atoms with Crippen LogP contribution in [0.2, 0.25) is 10.0 Å². The maximum absolute atomic E-state index is 13.4. The highest BCUT2D eigenvalue weighted by Gasteiger charge is 2.40. The Kier molecular flexibility index (Phi) is 4.81. The van der Waals surface area contributed by atoms with Gasteiger partial charge in [-0.15, -0.1) is 0 Å². The van der Waals surface area contributed by atoms with Gasteiger partial charge in [-0.05, 0) is 35.9 Å². The normalized spacial score (nSPS) is 15.1. The van der Waals surface area contributed by atoms with Crippen LogP contribution in [0.4, 0.5) is 11.4 Å². The first-order valence-electron chi connectivity index (χ1n) is 9.33. The molecule has 2 heterocycles. The number of benzene rings is 3. The Labute approximate surface area is 187 Å². The minimum absolute atomic E-state index is 0.138. The summed E-state index contributed by atoms with van der Waals surface area (Å²) >= 11 is 12.1. The number of fused-ring (bicyclic) bond motifs is 1. The van der Waals surface area contributed by atoms with Crippen molar-refractivity contribution in [1.29, 1.82) is 0 Å². The van der Waals surface area contributed by atoms with E-state index < -0.39 is 11.8 Å². The molecule has 2 aliphatic heterocycles. The predicted octanol–water partition coefficient (Wildman–Crippen LogP) is 5.12. The average Bonchev–Trinajstić information content (AvgIpc) is 3.33. The second-order valence-corrected chi connectivity index (χ2v) is 7.67. The van der Waals surface area contributed by atoms with Crippen LogP contribution in [0.1, 0.15) is 5.56 Å². The van der Waals surface area contributed by atoms with Crippen LogP contribution in [0.5, 0.6) is 11.5 Å². The van der Waals surface area contributed by atoms with E-state index in [0.29, 0.717) is 33.5 Å². The number of rotatable bonds is 4. The highest BCUT2D eigenvalue weighted by molar-refractivity contribution is 6.47. The third-order valence-corrected chi connectivity index (χ3v) is 5.69. The minimum atomic E-state index is -0.500. The van der Waals surface area contributed by atoms with Gasteiger partial charge in [-0.2, -0.15) is 0 Å². The van der Waals surface area contributed by atoms with Crippen LogP contribution < -0.4 is 19.7 Å². The Balaban J connectivity index is 1.59. The van der Waals surface area contributed by atoms with E-state index in [1.807, 2.05) is 6.07 Å². The van der Waals surface area contributed by atoms with E-state index in [0.717, 1.165) is 4.90 Å². The third-order valence-electron chi connectivity index (χ3n) is 4.95. The van der Waals surface area contributed by atoms with E-state index in [4.69, 9.17) is 32.7 Å². The molecule has 0 saturated carbocycles. The number of hydrogen-bond donors (Lipinski definition) is 1. The molecule has 1 N–H and O–H groups in total. The van der Waals surface area contributed by atoms with E-state index in [2.05, 4.69) is 5.32 Å². The van der Waals surface area contributed by atoms with Gasteiger partial charge in [-0.3, -0.25) is 9.59 Å². The predicted molar refractivity (Wildman–Crippen MR) is 119 cm³/mol. The zero-order chi connectivity index (χ0) is 21.5. The zero-order valence-corrected chi connectivity index (χ0v) is 17.4. The van der Waals surface area contributed by atoms with Crippen LogP contribution in [0, 0.1) is 0 Å². The second-order valence-electron chi connectivity index (χ2n) is 6.85. The molecule has 8 heteroatoms. The summed E-state index contributed by atoms with van der Waals surface area (Å²) in [6.45, 7) is 0.138. The number of nitrogens with zero attached hydrogens (tertiary/aromatic N) is 1. The summed E-state index contributed by atoms with van der Waals surface area (Å²) in [4.78, 5) is 27.9. The largest absolute Gasteiger partial charge is 0.454 e. The van der Waals surface area contributed by atoms with Crippen LogP contribution in [0.15, 0.2) is 72.4 Å². The lowest BCUT2D eigenvalue weighted by atomic mass is 10.0. The molecule has 2 aliphatic rings. The van der Waals surface area contributed by atoms with E-state index >= 15 is 0 Å². The molecule has 0 fully saturated rings. The monoisotopic (exact) mass is 452 g/mol. The number of imide groups is 1. The molecular formula is C23H14Cl2N2O4. The summed E-state index contributed by atoms with van der Waals surface area (Å²) in [5, 5.41) is 3.68. The summed E-state index contributed by atoms with van der Waals surface area (Å²) in [6.07, 6.45) is 0. The van der Waals surface area contributed by atoms with Gasteiger partial charge >= 0.3 is 0 Å². The number of hydrogen-bond acceptors (Lipinski definition) is 5. The Morgan fingerprint density at radius 1 is 0.806 bits per heavy atom. The van der Waals surface area contributed by atoms with Gasteiger partial charge in [0.05, 0.1) is 21.3 Å². The van der Waals surface area contributed by atoms with E-state index in [1.165, 1.54) is 6.07 Å². The lowest BCUT2D eigenvalue weighted by Gasteiger charge is -2.16. The molecule has 31 heavy (non-hydrogen) atoms. The first kappa shape index (κ1) is 19.5. The van der Waals surface area contributed by atoms with Gasteiger partial charge in [-0.25, -0.2) is 4.90 Å². The first-order chi connectivity index (χ1) is 15.0. The highest BCUT2D eigenvalue weighted by Crippen LogP contribution is 2.38. The van der Waals surface area contributed by atoms with Crippen molar-refractivity contribution in [3.63, 3.8) is 0 Å². The summed E-state index contributed by atoms with van der Waals surface area (Å²) in [5.74, 6) is 0.219. The number of amides is 2. The van der Waals surface area contributed by atoms with Crippen LogP contribution in [0.25, 0.3) is 5.57 Å². The zero-order valence-electron chi connectivity index (χ0n) is 15.9. The van der Waals surface area contributed by atoms with Crippen molar-refractivity contribution < 1.29 is 19.1 Å². The summed E-state index contributed by atoms with van der Waals surface area (Å²) in [6, 6.07) is 18.8. The number of carbonyl (C=O) groups is 2. The Hall–Kier alpha value is -3.48. The second kappa shape index (κ2) is 7.65. The Morgan fingerprint density at radius 2 is 1.58 bits per heavy atom. The quantitative estimate of drug-likeness (QED) is 0.556. The maximum Gasteiger partial charge on any atom is 0.282 e. The Bertz CT molecular complexity index is 1260. The standard InChI is InChI=1S/C23H14Cl2N2O4/c24-16-8-7-15(11-17(16)25)27-22(28)20(13-4-2-1-3-5-13)21(23(27)29)26-14-6-9-18-19(10-14)31-12-30-18/h1-11,26H,12H2. The lowest BCUT2D eigenvalue weighted by molar-refractivity contribution is -0.120. The Morgan fingerprint density at radius 3 is 2.35 bits per heavy atom. The van der Waals surface area contributed by atoms with Crippen LogP contribution in [-0.4, -0.2) is 18.6 Å². The molecule has 0 spiro atoms. The van der Waals surface area contributed by atoms with Gasteiger partial charge in [0, 0.05) is 11.8 Å². The van der Waals surface area contributed by atoms with E-state index in [-0.39, 0.29) is 23.1 Å². The van der Waals surface area contributed by atoms with Crippen molar-refractivity contribution >= 4 is 52.0 Å². The van der Waals surface area contributed by atoms with Gasteiger partial charge in [0.1, 0.15) is 5.70 Å². The number of halogens is 2. The molecule has 6 nitrogen and oxygen atoms in total. The topological polar surface area (TPSA) is 67.9 Å². The molecule has 0 atom stereocenters. The smallest absolute Gasteiger partial charge is 0.282 e. The molecule has 5 rings (SSSR count). The van der Waals surface area contributed by atoms with Gasteiger partial charge in [0.15, 0.2) is 11.5 Å². The van der Waals surface area contributed by atoms with Gasteiger partial charge in [0.2, 0.25) is 6.79 Å². The molecule has 0 bridgehead atoms. The SMILES string of the molecule is O=C1C(Nc2ccc3c(c2)OCO3)=C(c2ccccc2)C(=O)N1c1ccc(Cl)c(Cl)c1. The summed E-state index contributed by atoms with van der Waals surface area (Å²) < 4.78 is 10.7. The molecule has 0 aliphatic carbocycles. The average molecular weight is 453 g/mol. The molecule has 154 valence electrons.